The highest BCUT2D eigenvalue weighted by Crippen LogP contribution is 2.31. The van der Waals surface area contributed by atoms with Crippen LogP contribution in [0.3, 0.4) is 0 Å². The molecule has 1 aliphatic heterocycles. The van der Waals surface area contributed by atoms with Crippen LogP contribution in [0.1, 0.15) is 34.1 Å². The van der Waals surface area contributed by atoms with Crippen molar-refractivity contribution < 1.29 is 18.0 Å². The molecule has 1 atom stereocenters. The lowest BCUT2D eigenvalue weighted by Gasteiger charge is -2.14. The van der Waals surface area contributed by atoms with Crippen molar-refractivity contribution in [3.8, 4) is 0 Å². The molecular weight excluding hydrogens is 247 g/mol. The third kappa shape index (κ3) is 2.45. The van der Waals surface area contributed by atoms with Gasteiger partial charge in [-0.05, 0) is 25.1 Å². The van der Waals surface area contributed by atoms with Crippen LogP contribution in [0.4, 0.5) is 13.2 Å². The summed E-state index contributed by atoms with van der Waals surface area (Å²) in [5.74, 6) is -0.951. The molecule has 1 fully saturated rings. The summed E-state index contributed by atoms with van der Waals surface area (Å²) in [6, 6.07) is 1.89. The number of nitrogens with one attached hydrogen (secondary N) is 1. The van der Waals surface area contributed by atoms with Crippen LogP contribution < -0.4 is 11.1 Å². The monoisotopic (exact) mass is 259 g/mol. The van der Waals surface area contributed by atoms with Gasteiger partial charge in [0, 0.05) is 12.5 Å². The van der Waals surface area contributed by atoms with Gasteiger partial charge in [-0.2, -0.15) is 13.2 Å². The quantitative estimate of drug-likeness (QED) is 0.840. The van der Waals surface area contributed by atoms with E-state index in [4.69, 9.17) is 5.73 Å². The molecule has 7 heteroatoms. The Kier molecular flexibility index (Phi) is 3.25. The fourth-order valence-electron chi connectivity index (χ4n) is 2.04. The predicted octanol–water partition coefficient (Wildman–Crippen LogP) is 1.28. The largest absolute Gasteiger partial charge is 0.433 e. The van der Waals surface area contributed by atoms with Crippen LogP contribution in [0.2, 0.25) is 0 Å². The van der Waals surface area contributed by atoms with E-state index in [9.17, 15) is 18.0 Å². The molecule has 1 amide bonds. The number of pyridine rings is 1. The maximum absolute atomic E-state index is 12.6. The first-order valence-corrected chi connectivity index (χ1v) is 5.48. The minimum Gasteiger partial charge on any atom is -0.366 e. The van der Waals surface area contributed by atoms with E-state index in [1.165, 1.54) is 0 Å². The van der Waals surface area contributed by atoms with Crippen LogP contribution in [0.25, 0.3) is 0 Å². The number of rotatable bonds is 2. The summed E-state index contributed by atoms with van der Waals surface area (Å²) < 4.78 is 37.8. The van der Waals surface area contributed by atoms with E-state index in [2.05, 4.69) is 10.3 Å². The zero-order valence-corrected chi connectivity index (χ0v) is 9.42. The van der Waals surface area contributed by atoms with Crippen molar-refractivity contribution in [2.75, 3.05) is 13.1 Å². The van der Waals surface area contributed by atoms with Crippen LogP contribution in [0, 0.1) is 0 Å². The second kappa shape index (κ2) is 4.56. The van der Waals surface area contributed by atoms with Gasteiger partial charge in [0.1, 0.15) is 5.69 Å². The Bertz CT molecular complexity index is 467. The number of aromatic nitrogens is 1. The van der Waals surface area contributed by atoms with Crippen molar-refractivity contribution >= 4 is 5.91 Å². The first kappa shape index (κ1) is 12.8. The minimum atomic E-state index is -4.52. The summed E-state index contributed by atoms with van der Waals surface area (Å²) in [7, 11) is 0. The van der Waals surface area contributed by atoms with Gasteiger partial charge in [-0.3, -0.25) is 4.79 Å². The van der Waals surface area contributed by atoms with Crippen LogP contribution in [-0.4, -0.2) is 24.0 Å². The molecule has 0 spiro atoms. The molecular formula is C11H12F3N3O. The van der Waals surface area contributed by atoms with Crippen LogP contribution in [-0.2, 0) is 6.18 Å². The molecule has 1 unspecified atom stereocenters. The number of amides is 1. The highest BCUT2D eigenvalue weighted by Gasteiger charge is 2.34. The highest BCUT2D eigenvalue weighted by molar-refractivity contribution is 5.94. The number of nitrogens with zero attached hydrogens (tertiary/aromatic N) is 1. The van der Waals surface area contributed by atoms with Crippen LogP contribution in [0.5, 0.6) is 0 Å². The van der Waals surface area contributed by atoms with Crippen molar-refractivity contribution in [3.63, 3.8) is 0 Å². The predicted molar refractivity (Wildman–Crippen MR) is 58.0 cm³/mol. The summed E-state index contributed by atoms with van der Waals surface area (Å²) in [6.07, 6.45) is -3.87. The number of primary amides is 1. The van der Waals surface area contributed by atoms with Gasteiger partial charge >= 0.3 is 6.18 Å². The fraction of sp³-hybridized carbons (Fsp3) is 0.455. The van der Waals surface area contributed by atoms with E-state index in [1.807, 2.05) is 0 Å². The zero-order chi connectivity index (χ0) is 13.3. The Labute approximate surface area is 101 Å². The molecule has 2 rings (SSSR count). The molecule has 1 aliphatic rings. The molecule has 0 aliphatic carbocycles. The average Bonchev–Trinajstić information content (AvgIpc) is 2.80. The molecule has 18 heavy (non-hydrogen) atoms. The summed E-state index contributed by atoms with van der Waals surface area (Å²) in [6.45, 7) is 1.20. The molecule has 4 nitrogen and oxygen atoms in total. The van der Waals surface area contributed by atoms with E-state index in [0.717, 1.165) is 12.1 Å². The molecule has 0 bridgehead atoms. The Morgan fingerprint density at radius 1 is 1.44 bits per heavy atom. The number of alkyl halides is 3. The van der Waals surface area contributed by atoms with Crippen LogP contribution >= 0.6 is 0 Å². The van der Waals surface area contributed by atoms with E-state index < -0.39 is 17.8 Å². The van der Waals surface area contributed by atoms with Gasteiger partial charge < -0.3 is 11.1 Å². The molecule has 98 valence electrons. The van der Waals surface area contributed by atoms with E-state index in [-0.39, 0.29) is 17.2 Å². The Hall–Kier alpha value is -1.63. The number of nitrogens with two attached hydrogens (primary N) is 1. The van der Waals surface area contributed by atoms with Gasteiger partial charge in [-0.15, -0.1) is 0 Å². The Morgan fingerprint density at radius 2 is 2.17 bits per heavy atom. The lowest BCUT2D eigenvalue weighted by molar-refractivity contribution is -0.141. The third-order valence-corrected chi connectivity index (χ3v) is 2.93. The Morgan fingerprint density at radius 3 is 2.67 bits per heavy atom. The number of carbonyl (C=O) groups excluding carboxylic acids is 1. The number of hydrogen-bond donors (Lipinski definition) is 2. The van der Waals surface area contributed by atoms with Crippen LogP contribution in [0.15, 0.2) is 12.1 Å². The van der Waals surface area contributed by atoms with Crippen molar-refractivity contribution in [2.45, 2.75) is 18.5 Å². The van der Waals surface area contributed by atoms with Gasteiger partial charge in [0.05, 0.1) is 11.3 Å². The maximum atomic E-state index is 12.6. The first-order chi connectivity index (χ1) is 8.39. The van der Waals surface area contributed by atoms with E-state index in [1.54, 1.807) is 0 Å². The normalized spacial score (nSPS) is 20.1. The lowest BCUT2D eigenvalue weighted by Crippen LogP contribution is -2.20. The van der Waals surface area contributed by atoms with Crippen molar-refractivity contribution in [1.29, 1.82) is 0 Å². The average molecular weight is 259 g/mol. The zero-order valence-electron chi connectivity index (χ0n) is 9.42. The molecule has 0 radical (unpaired) electrons. The number of halogens is 3. The van der Waals surface area contributed by atoms with Crippen molar-refractivity contribution in [1.82, 2.24) is 10.3 Å². The topological polar surface area (TPSA) is 68.0 Å². The van der Waals surface area contributed by atoms with Gasteiger partial charge in [-0.1, -0.05) is 0 Å². The standard InChI is InChI=1S/C11H12F3N3O/c12-11(13,14)8-2-1-7(10(15)18)9(17-8)6-3-4-16-5-6/h1-2,6,16H,3-5H2,(H2,15,18). The first-order valence-electron chi connectivity index (χ1n) is 5.48. The summed E-state index contributed by atoms with van der Waals surface area (Å²) in [4.78, 5) is 14.8. The smallest absolute Gasteiger partial charge is 0.366 e. The lowest BCUT2D eigenvalue weighted by atomic mass is 9.98. The third-order valence-electron chi connectivity index (χ3n) is 2.93. The number of hydrogen-bond acceptors (Lipinski definition) is 3. The molecule has 1 aromatic rings. The SMILES string of the molecule is NC(=O)c1ccc(C(F)(F)F)nc1C1CCNC1. The van der Waals surface area contributed by atoms with Gasteiger partial charge in [-0.25, -0.2) is 4.98 Å². The van der Waals surface area contributed by atoms with E-state index >= 15 is 0 Å². The van der Waals surface area contributed by atoms with Gasteiger partial charge in [0.2, 0.25) is 0 Å². The second-order valence-corrected chi connectivity index (χ2v) is 4.18. The fourth-order valence-corrected chi connectivity index (χ4v) is 2.04. The molecule has 1 aromatic heterocycles. The molecule has 0 saturated carbocycles. The summed E-state index contributed by atoms with van der Waals surface area (Å²) in [5, 5.41) is 3.02. The molecule has 2 heterocycles. The summed E-state index contributed by atoms with van der Waals surface area (Å²) in [5.41, 5.74) is 4.38. The van der Waals surface area contributed by atoms with Crippen molar-refractivity contribution in [2.24, 2.45) is 5.73 Å². The summed E-state index contributed by atoms with van der Waals surface area (Å²) >= 11 is 0. The van der Waals surface area contributed by atoms with Gasteiger partial charge in [0.25, 0.3) is 5.91 Å². The maximum Gasteiger partial charge on any atom is 0.433 e. The minimum absolute atomic E-state index is 0.0664. The highest BCUT2D eigenvalue weighted by atomic mass is 19.4. The van der Waals surface area contributed by atoms with E-state index in [0.29, 0.717) is 19.5 Å². The van der Waals surface area contributed by atoms with Crippen molar-refractivity contribution in [3.05, 3.63) is 29.1 Å². The molecule has 1 saturated heterocycles. The second-order valence-electron chi connectivity index (χ2n) is 4.18. The molecule has 0 aromatic carbocycles. The number of carbonyl (C=O) groups is 1. The molecule has 3 N–H and O–H groups in total. The van der Waals surface area contributed by atoms with Gasteiger partial charge in [0.15, 0.2) is 0 Å². The Balaban J connectivity index is 2.47.